The Balaban J connectivity index is 1.66. The third-order valence-corrected chi connectivity index (χ3v) is 4.81. The van der Waals surface area contributed by atoms with Gasteiger partial charge < -0.3 is 9.84 Å². The summed E-state index contributed by atoms with van der Waals surface area (Å²) in [6.07, 6.45) is 5.86. The van der Waals surface area contributed by atoms with E-state index >= 15 is 0 Å². The zero-order valence-corrected chi connectivity index (χ0v) is 12.2. The summed E-state index contributed by atoms with van der Waals surface area (Å²) < 4.78 is 5.79. The number of para-hydroxylation sites is 1. The molecule has 0 aliphatic heterocycles. The molecule has 4 unspecified atom stereocenters. The summed E-state index contributed by atoms with van der Waals surface area (Å²) in [6.45, 7) is 4.80. The summed E-state index contributed by atoms with van der Waals surface area (Å²) in [6, 6.07) is 6.21. The Kier molecular flexibility index (Phi) is 3.79. The van der Waals surface area contributed by atoms with Crippen LogP contribution in [0.2, 0.25) is 0 Å². The van der Waals surface area contributed by atoms with Crippen molar-refractivity contribution in [2.24, 2.45) is 16.8 Å². The second-order valence-electron chi connectivity index (χ2n) is 6.08. The highest BCUT2D eigenvalue weighted by atomic mass is 16.5. The number of benzene rings is 1. The molecule has 3 heteroatoms. The van der Waals surface area contributed by atoms with Gasteiger partial charge >= 0.3 is 0 Å². The molecule has 1 aromatic carbocycles. The summed E-state index contributed by atoms with van der Waals surface area (Å²) in [5.41, 5.74) is 1.73. The second-order valence-corrected chi connectivity index (χ2v) is 6.08. The Morgan fingerprint density at radius 1 is 1.30 bits per heavy atom. The summed E-state index contributed by atoms with van der Waals surface area (Å²) in [7, 11) is 0. The molecule has 0 amide bonds. The van der Waals surface area contributed by atoms with Crippen molar-refractivity contribution in [1.29, 1.82) is 0 Å². The zero-order chi connectivity index (χ0) is 14.1. The molecule has 3 nitrogen and oxygen atoms in total. The first-order valence-corrected chi connectivity index (χ1v) is 7.62. The van der Waals surface area contributed by atoms with Crippen LogP contribution in [0.15, 0.2) is 23.2 Å². The zero-order valence-electron chi connectivity index (χ0n) is 12.2. The van der Waals surface area contributed by atoms with Gasteiger partial charge in [-0.3, -0.25) is 4.99 Å². The van der Waals surface area contributed by atoms with E-state index in [9.17, 15) is 5.11 Å². The van der Waals surface area contributed by atoms with Gasteiger partial charge in [0.2, 0.25) is 0 Å². The molecule has 0 aromatic heterocycles. The van der Waals surface area contributed by atoms with Gasteiger partial charge in [0.1, 0.15) is 5.75 Å². The number of hydrogen-bond donors (Lipinski definition) is 1. The van der Waals surface area contributed by atoms with Crippen LogP contribution >= 0.6 is 0 Å². The van der Waals surface area contributed by atoms with Gasteiger partial charge in [0.25, 0.3) is 0 Å². The van der Waals surface area contributed by atoms with E-state index in [1.807, 2.05) is 31.3 Å². The van der Waals surface area contributed by atoms with Crippen LogP contribution in [0, 0.1) is 18.8 Å². The van der Waals surface area contributed by atoms with Crippen molar-refractivity contribution in [1.82, 2.24) is 0 Å². The largest absolute Gasteiger partial charge is 0.507 e. The molecule has 0 heterocycles. The monoisotopic (exact) mass is 273 g/mol. The Bertz CT molecular complexity index is 512. The maximum Gasteiger partial charge on any atom is 0.127 e. The summed E-state index contributed by atoms with van der Waals surface area (Å²) >= 11 is 0. The predicted octanol–water partition coefficient (Wildman–Crippen LogP) is 3.32. The summed E-state index contributed by atoms with van der Waals surface area (Å²) in [5, 5.41) is 10.0. The molecule has 0 radical (unpaired) electrons. The third kappa shape index (κ3) is 2.47. The van der Waals surface area contributed by atoms with Crippen LogP contribution in [0.25, 0.3) is 0 Å². The van der Waals surface area contributed by atoms with Crippen LogP contribution in [-0.2, 0) is 4.74 Å². The van der Waals surface area contributed by atoms with Crippen LogP contribution in [0.5, 0.6) is 5.75 Å². The Labute approximate surface area is 120 Å². The normalized spacial score (nSPS) is 32.3. The molecule has 2 saturated carbocycles. The number of rotatable bonds is 4. The highest BCUT2D eigenvalue weighted by molar-refractivity contribution is 5.84. The fourth-order valence-corrected chi connectivity index (χ4v) is 3.76. The quantitative estimate of drug-likeness (QED) is 0.855. The molecular formula is C17H23NO2. The van der Waals surface area contributed by atoms with E-state index < -0.39 is 0 Å². The SMILES string of the molecule is CCOC1CC2CC1CC2N=Cc1cccc(C)c1O. The van der Waals surface area contributed by atoms with Gasteiger partial charge in [-0.1, -0.05) is 12.1 Å². The van der Waals surface area contributed by atoms with E-state index in [0.717, 1.165) is 30.6 Å². The minimum absolute atomic E-state index is 0.353. The molecule has 4 atom stereocenters. The standard InChI is InChI=1S/C17H23NO2/c1-3-20-16-9-13-7-14(16)8-15(13)18-10-12-6-4-5-11(2)17(12)19/h4-6,10,13-16,19H,3,7-9H2,1-2H3. The average Bonchev–Trinajstić information content (AvgIpc) is 3.00. The van der Waals surface area contributed by atoms with Gasteiger partial charge in [-0.25, -0.2) is 0 Å². The molecule has 3 rings (SSSR count). The van der Waals surface area contributed by atoms with Crippen molar-refractivity contribution >= 4 is 6.21 Å². The Hall–Kier alpha value is -1.35. The van der Waals surface area contributed by atoms with Gasteiger partial charge in [-0.15, -0.1) is 0 Å². The summed E-state index contributed by atoms with van der Waals surface area (Å²) in [5.74, 6) is 1.71. The lowest BCUT2D eigenvalue weighted by Gasteiger charge is -2.25. The van der Waals surface area contributed by atoms with Crippen LogP contribution in [0.4, 0.5) is 0 Å². The maximum atomic E-state index is 10.0. The Morgan fingerprint density at radius 3 is 2.85 bits per heavy atom. The topological polar surface area (TPSA) is 41.8 Å². The van der Waals surface area contributed by atoms with Crippen molar-refractivity contribution in [3.05, 3.63) is 29.3 Å². The van der Waals surface area contributed by atoms with Crippen molar-refractivity contribution in [3.63, 3.8) is 0 Å². The molecule has 0 saturated heterocycles. The first-order chi connectivity index (χ1) is 9.69. The molecule has 2 aliphatic carbocycles. The van der Waals surface area contributed by atoms with Crippen molar-refractivity contribution in [3.8, 4) is 5.75 Å². The first kappa shape index (κ1) is 13.6. The van der Waals surface area contributed by atoms with Gasteiger partial charge in [0.15, 0.2) is 0 Å². The number of phenols is 1. The van der Waals surface area contributed by atoms with E-state index in [1.54, 1.807) is 0 Å². The molecular weight excluding hydrogens is 250 g/mol. The molecule has 1 aromatic rings. The number of nitrogens with zero attached hydrogens (tertiary/aromatic N) is 1. The molecule has 108 valence electrons. The highest BCUT2D eigenvalue weighted by Crippen LogP contribution is 2.47. The van der Waals surface area contributed by atoms with Gasteiger partial charge in [-0.2, -0.15) is 0 Å². The number of hydrogen-bond acceptors (Lipinski definition) is 3. The molecule has 1 N–H and O–H groups in total. The van der Waals surface area contributed by atoms with Crippen molar-refractivity contribution < 1.29 is 9.84 Å². The van der Waals surface area contributed by atoms with Crippen LogP contribution in [0.3, 0.4) is 0 Å². The highest BCUT2D eigenvalue weighted by Gasteiger charge is 2.46. The molecule has 2 aliphatic rings. The molecule has 2 bridgehead atoms. The molecule has 2 fully saturated rings. The van der Waals surface area contributed by atoms with E-state index in [2.05, 4.69) is 6.92 Å². The number of ether oxygens (including phenoxy) is 1. The fourth-order valence-electron chi connectivity index (χ4n) is 3.76. The fraction of sp³-hybridized carbons (Fsp3) is 0.588. The lowest BCUT2D eigenvalue weighted by Crippen LogP contribution is -2.26. The predicted molar refractivity (Wildman–Crippen MR) is 80.5 cm³/mol. The second kappa shape index (κ2) is 5.57. The minimum atomic E-state index is 0.353. The number of phenolic OH excluding ortho intramolecular Hbond substituents is 1. The van der Waals surface area contributed by atoms with Crippen LogP contribution < -0.4 is 0 Å². The minimum Gasteiger partial charge on any atom is -0.507 e. The lowest BCUT2D eigenvalue weighted by molar-refractivity contribution is 0.0217. The average molecular weight is 273 g/mol. The molecule has 20 heavy (non-hydrogen) atoms. The van der Waals surface area contributed by atoms with Crippen LogP contribution in [0.1, 0.15) is 37.3 Å². The van der Waals surface area contributed by atoms with E-state index in [1.165, 1.54) is 6.42 Å². The van der Waals surface area contributed by atoms with Gasteiger partial charge in [0.05, 0.1) is 12.1 Å². The first-order valence-electron chi connectivity index (χ1n) is 7.62. The van der Waals surface area contributed by atoms with Gasteiger partial charge in [0, 0.05) is 18.4 Å². The summed E-state index contributed by atoms with van der Waals surface area (Å²) in [4.78, 5) is 4.73. The number of aliphatic imine (C=N–C) groups is 1. The van der Waals surface area contributed by atoms with E-state index in [-0.39, 0.29) is 0 Å². The van der Waals surface area contributed by atoms with Gasteiger partial charge in [-0.05, 0) is 56.6 Å². The van der Waals surface area contributed by atoms with Crippen LogP contribution in [-0.4, -0.2) is 30.1 Å². The third-order valence-electron chi connectivity index (χ3n) is 4.81. The van der Waals surface area contributed by atoms with E-state index in [0.29, 0.717) is 29.7 Å². The molecule has 0 spiro atoms. The Morgan fingerprint density at radius 2 is 2.15 bits per heavy atom. The number of fused-ring (bicyclic) bond motifs is 2. The van der Waals surface area contributed by atoms with Crippen molar-refractivity contribution in [2.45, 2.75) is 45.3 Å². The maximum absolute atomic E-state index is 10.0. The smallest absolute Gasteiger partial charge is 0.127 e. The van der Waals surface area contributed by atoms with Crippen molar-refractivity contribution in [2.75, 3.05) is 6.61 Å². The number of aryl methyl sites for hydroxylation is 1. The lowest BCUT2D eigenvalue weighted by atomic mass is 9.93. The van der Waals surface area contributed by atoms with E-state index in [4.69, 9.17) is 9.73 Å². The number of aromatic hydroxyl groups is 1.